The van der Waals surface area contributed by atoms with Crippen LogP contribution in [0.2, 0.25) is 17.3 Å². The predicted octanol–water partition coefficient (Wildman–Crippen LogP) is 5.93. The van der Waals surface area contributed by atoms with Crippen LogP contribution in [-0.2, 0) is 0 Å². The van der Waals surface area contributed by atoms with Gasteiger partial charge in [-0.25, -0.2) is 0 Å². The van der Waals surface area contributed by atoms with E-state index in [2.05, 4.69) is 80.6 Å². The van der Waals surface area contributed by atoms with Crippen LogP contribution in [-0.4, -0.2) is 33.0 Å². The number of para-hydroxylation sites is 2. The van der Waals surface area contributed by atoms with Gasteiger partial charge >= 0.3 is 188 Å². The molecule has 0 N–H and O–H groups in total. The quantitative estimate of drug-likeness (QED) is 0.296. The van der Waals surface area contributed by atoms with Gasteiger partial charge in [-0.15, -0.1) is 0 Å². The molecule has 6 heteroatoms. The van der Waals surface area contributed by atoms with E-state index in [9.17, 15) is 0 Å². The molecule has 6 aromatic rings. The Morgan fingerprint density at radius 3 is 2.50 bits per heavy atom. The maximum absolute atomic E-state index is 6.50. The van der Waals surface area contributed by atoms with Gasteiger partial charge in [0.1, 0.15) is 0 Å². The molecule has 3 aromatic carbocycles. The van der Waals surface area contributed by atoms with Gasteiger partial charge in [0.25, 0.3) is 0 Å². The summed E-state index contributed by atoms with van der Waals surface area (Å²) in [6.45, 7) is 0. The Bertz CT molecular complexity index is 1610. The summed E-state index contributed by atoms with van der Waals surface area (Å²) in [6, 6.07) is 25.0. The van der Waals surface area contributed by atoms with Crippen LogP contribution < -0.4 is 4.40 Å². The number of rotatable bonds is 3. The Morgan fingerprint density at radius 1 is 0.844 bits per heavy atom. The van der Waals surface area contributed by atoms with Crippen molar-refractivity contribution in [3.8, 4) is 17.1 Å². The topological polar surface area (TPSA) is 56.7 Å². The fraction of sp³-hybridized carbons (Fsp3) is 0.115. The Morgan fingerprint density at radius 2 is 1.69 bits per heavy atom. The second-order valence-electron chi connectivity index (χ2n) is 9.09. The molecule has 0 saturated heterocycles. The first kappa shape index (κ1) is 19.3. The fourth-order valence-corrected chi connectivity index (χ4v) is 6.68. The van der Waals surface area contributed by atoms with E-state index in [1.807, 2.05) is 24.3 Å². The van der Waals surface area contributed by atoms with Gasteiger partial charge in [0.05, 0.1) is 0 Å². The van der Waals surface area contributed by atoms with Gasteiger partial charge in [0.2, 0.25) is 0 Å². The van der Waals surface area contributed by atoms with Crippen LogP contribution in [0.1, 0.15) is 0 Å². The number of benzene rings is 3. The monoisotopic (exact) mass is 480 g/mol. The van der Waals surface area contributed by atoms with Gasteiger partial charge in [-0.2, -0.15) is 0 Å². The van der Waals surface area contributed by atoms with Crippen molar-refractivity contribution < 1.29 is 4.42 Å². The summed E-state index contributed by atoms with van der Waals surface area (Å²) >= 11 is -1.97. The normalized spacial score (nSPS) is 12.2. The van der Waals surface area contributed by atoms with E-state index in [-0.39, 0.29) is 0 Å². The molecule has 0 aliphatic rings. The number of hydrogen-bond donors (Lipinski definition) is 0. The van der Waals surface area contributed by atoms with Gasteiger partial charge in [-0.3, -0.25) is 0 Å². The molecule has 0 aliphatic carbocycles. The molecule has 6 rings (SSSR count). The van der Waals surface area contributed by atoms with Gasteiger partial charge < -0.3 is 0 Å². The average molecular weight is 479 g/mol. The molecular weight excluding hydrogens is 457 g/mol. The van der Waals surface area contributed by atoms with E-state index >= 15 is 0 Å². The molecule has 0 saturated carbocycles. The van der Waals surface area contributed by atoms with Crippen LogP contribution >= 0.6 is 0 Å². The molecular formula is C26H22GeN4O. The zero-order chi connectivity index (χ0) is 21.9. The van der Waals surface area contributed by atoms with Crippen molar-refractivity contribution in [3.05, 3.63) is 79.0 Å². The molecule has 156 valence electrons. The van der Waals surface area contributed by atoms with E-state index < -0.39 is 13.3 Å². The van der Waals surface area contributed by atoms with E-state index in [1.54, 1.807) is 6.20 Å². The third kappa shape index (κ3) is 2.96. The van der Waals surface area contributed by atoms with E-state index in [0.29, 0.717) is 0 Å². The van der Waals surface area contributed by atoms with Crippen LogP contribution in [0.4, 0.5) is 0 Å². The SMILES string of the molecule is [CH3][Ge]([CH3])([CH3])[c]1ccc2c(c1)oc1c(-c3nc4ccnnc4n3-c3ccccc3)cccc12. The standard InChI is InChI=1S/C26H22GeN4O/c1-27(2,3)17-12-13-19-20-10-7-11-21(24(20)32-23(19)16-17)25-29-22-14-15-28-30-26(22)31(25)18-8-5-4-6-9-18/h4-16H,1-3H3. The number of hydrogen-bond acceptors (Lipinski definition) is 4. The van der Waals surface area contributed by atoms with Crippen LogP contribution in [0.25, 0.3) is 50.2 Å². The fourth-order valence-electron chi connectivity index (χ4n) is 4.27. The third-order valence-electron chi connectivity index (χ3n) is 5.95. The van der Waals surface area contributed by atoms with Crippen LogP contribution in [0.5, 0.6) is 0 Å². The van der Waals surface area contributed by atoms with Crippen LogP contribution in [0.15, 0.2) is 83.4 Å². The molecule has 5 nitrogen and oxygen atoms in total. The average Bonchev–Trinajstić information content (AvgIpc) is 3.37. The van der Waals surface area contributed by atoms with E-state index in [4.69, 9.17) is 9.40 Å². The van der Waals surface area contributed by atoms with Crippen molar-refractivity contribution >= 4 is 50.8 Å². The second kappa shape index (κ2) is 7.03. The van der Waals surface area contributed by atoms with Gasteiger partial charge in [0.15, 0.2) is 0 Å². The van der Waals surface area contributed by atoms with Crippen molar-refractivity contribution in [2.45, 2.75) is 17.3 Å². The molecule has 0 amide bonds. The Kier molecular flexibility index (Phi) is 4.23. The zero-order valence-electron chi connectivity index (χ0n) is 18.2. The summed E-state index contributed by atoms with van der Waals surface area (Å²) in [4.78, 5) is 4.95. The molecule has 0 radical (unpaired) electrons. The van der Waals surface area contributed by atoms with Crippen molar-refractivity contribution in [1.82, 2.24) is 19.7 Å². The molecule has 0 fully saturated rings. The van der Waals surface area contributed by atoms with Gasteiger partial charge in [0, 0.05) is 0 Å². The van der Waals surface area contributed by atoms with Crippen LogP contribution in [0.3, 0.4) is 0 Å². The molecule has 3 heterocycles. The molecule has 0 aliphatic heterocycles. The number of furan rings is 1. The number of fused-ring (bicyclic) bond motifs is 4. The van der Waals surface area contributed by atoms with E-state index in [0.717, 1.165) is 50.2 Å². The first-order valence-corrected chi connectivity index (χ1v) is 18.1. The first-order chi connectivity index (χ1) is 15.5. The molecule has 0 bridgehead atoms. The Labute approximate surface area is 188 Å². The molecule has 0 spiro atoms. The summed E-state index contributed by atoms with van der Waals surface area (Å²) in [5.74, 6) is 8.00. The Hall–Kier alpha value is -3.45. The summed E-state index contributed by atoms with van der Waals surface area (Å²) in [6.07, 6.45) is 1.68. The third-order valence-corrected chi connectivity index (χ3v) is 10.2. The summed E-state index contributed by atoms with van der Waals surface area (Å²) in [5.41, 5.74) is 5.25. The minimum atomic E-state index is -1.97. The van der Waals surface area contributed by atoms with Gasteiger partial charge in [-0.05, 0) is 0 Å². The first-order valence-electron chi connectivity index (χ1n) is 10.7. The minimum absolute atomic E-state index is 0.727. The molecule has 3 aromatic heterocycles. The summed E-state index contributed by atoms with van der Waals surface area (Å²) in [5, 5.41) is 10.7. The molecule has 32 heavy (non-hydrogen) atoms. The predicted molar refractivity (Wildman–Crippen MR) is 132 cm³/mol. The Balaban J connectivity index is 1.67. The molecule has 0 unspecified atom stereocenters. The van der Waals surface area contributed by atoms with Crippen molar-refractivity contribution in [3.63, 3.8) is 0 Å². The maximum atomic E-state index is 6.50. The van der Waals surface area contributed by atoms with Crippen molar-refractivity contribution in [2.24, 2.45) is 0 Å². The summed E-state index contributed by atoms with van der Waals surface area (Å²) < 4.78 is 9.99. The van der Waals surface area contributed by atoms with Gasteiger partial charge in [-0.1, -0.05) is 0 Å². The number of nitrogens with zero attached hydrogens (tertiary/aromatic N) is 4. The van der Waals surface area contributed by atoms with Crippen LogP contribution in [0, 0.1) is 0 Å². The zero-order valence-corrected chi connectivity index (χ0v) is 20.3. The van der Waals surface area contributed by atoms with E-state index in [1.165, 1.54) is 4.40 Å². The number of imidazole rings is 1. The number of aromatic nitrogens is 4. The summed E-state index contributed by atoms with van der Waals surface area (Å²) in [7, 11) is 0. The van der Waals surface area contributed by atoms with Crippen molar-refractivity contribution in [2.75, 3.05) is 0 Å². The molecule has 0 atom stereocenters. The van der Waals surface area contributed by atoms with Crippen molar-refractivity contribution in [1.29, 1.82) is 0 Å². The second-order valence-corrected chi connectivity index (χ2v) is 19.7.